The minimum absolute atomic E-state index is 0.0153. The molecular formula is C20H19N3O4S. The van der Waals surface area contributed by atoms with Crippen molar-refractivity contribution in [3.63, 3.8) is 0 Å². The van der Waals surface area contributed by atoms with Crippen LogP contribution in [0.15, 0.2) is 61.3 Å². The van der Waals surface area contributed by atoms with Crippen molar-refractivity contribution in [3.8, 4) is 11.7 Å². The summed E-state index contributed by atoms with van der Waals surface area (Å²) in [5, 5.41) is 7.92. The molecule has 7 nitrogen and oxygen atoms in total. The van der Waals surface area contributed by atoms with E-state index < -0.39 is 0 Å². The standard InChI is InChI=1S/C20H19N3O4S/c1-12-10-16(13(2)23(12)11-15-6-4-8-25-15)18(24)14(3)28-20-22-21-19(27-20)17-7-5-9-26-17/h4-10,14H,11H2,1-3H3/t14-/m1/s1. The smallest absolute Gasteiger partial charge is 0.284 e. The van der Waals surface area contributed by atoms with E-state index in [0.29, 0.717) is 29.0 Å². The third-order valence-corrected chi connectivity index (χ3v) is 5.45. The van der Waals surface area contributed by atoms with E-state index in [4.69, 9.17) is 13.3 Å². The topological polar surface area (TPSA) is 87.2 Å². The quantitative estimate of drug-likeness (QED) is 0.328. The van der Waals surface area contributed by atoms with Crippen LogP contribution >= 0.6 is 11.8 Å². The van der Waals surface area contributed by atoms with Crippen LogP contribution in [0.2, 0.25) is 0 Å². The van der Waals surface area contributed by atoms with Gasteiger partial charge < -0.3 is 17.8 Å². The van der Waals surface area contributed by atoms with Crippen LogP contribution in [0.25, 0.3) is 11.7 Å². The highest BCUT2D eigenvalue weighted by molar-refractivity contribution is 8.00. The first-order valence-corrected chi connectivity index (χ1v) is 9.68. The van der Waals surface area contributed by atoms with Crippen LogP contribution < -0.4 is 0 Å². The van der Waals surface area contributed by atoms with Crippen molar-refractivity contribution < 1.29 is 18.0 Å². The zero-order valence-corrected chi connectivity index (χ0v) is 16.5. The highest BCUT2D eigenvalue weighted by Crippen LogP contribution is 2.29. The molecule has 0 saturated carbocycles. The number of carbonyl (C=O) groups is 1. The van der Waals surface area contributed by atoms with Crippen LogP contribution in [0.3, 0.4) is 0 Å². The monoisotopic (exact) mass is 397 g/mol. The van der Waals surface area contributed by atoms with E-state index in [1.54, 1.807) is 18.4 Å². The summed E-state index contributed by atoms with van der Waals surface area (Å²) in [5.74, 6) is 1.66. The molecule has 1 atom stereocenters. The van der Waals surface area contributed by atoms with Gasteiger partial charge in [0.05, 0.1) is 24.3 Å². The molecule has 4 heterocycles. The zero-order chi connectivity index (χ0) is 19.7. The molecule has 0 aliphatic heterocycles. The van der Waals surface area contributed by atoms with Gasteiger partial charge >= 0.3 is 0 Å². The van der Waals surface area contributed by atoms with Crippen LogP contribution in [-0.4, -0.2) is 25.8 Å². The maximum absolute atomic E-state index is 13.0. The summed E-state index contributed by atoms with van der Waals surface area (Å²) in [6.45, 7) is 6.36. The Morgan fingerprint density at radius 2 is 1.96 bits per heavy atom. The normalized spacial score (nSPS) is 12.4. The summed E-state index contributed by atoms with van der Waals surface area (Å²) in [6, 6.07) is 9.18. The summed E-state index contributed by atoms with van der Waals surface area (Å²) < 4.78 is 18.3. The van der Waals surface area contributed by atoms with Crippen LogP contribution in [0, 0.1) is 13.8 Å². The van der Waals surface area contributed by atoms with Crippen molar-refractivity contribution in [2.75, 3.05) is 0 Å². The van der Waals surface area contributed by atoms with E-state index in [-0.39, 0.29) is 11.0 Å². The Morgan fingerprint density at radius 3 is 2.68 bits per heavy atom. The van der Waals surface area contributed by atoms with Gasteiger partial charge in [-0.2, -0.15) is 0 Å². The lowest BCUT2D eigenvalue weighted by molar-refractivity contribution is 0.0993. The molecule has 0 aliphatic rings. The Balaban J connectivity index is 1.49. The molecule has 0 radical (unpaired) electrons. The first kappa shape index (κ1) is 18.4. The van der Waals surface area contributed by atoms with E-state index in [1.165, 1.54) is 18.0 Å². The zero-order valence-electron chi connectivity index (χ0n) is 15.7. The minimum atomic E-state index is -0.373. The average Bonchev–Trinajstić information content (AvgIpc) is 3.46. The van der Waals surface area contributed by atoms with Crippen molar-refractivity contribution in [2.45, 2.75) is 37.8 Å². The molecule has 0 saturated heterocycles. The highest BCUT2D eigenvalue weighted by atomic mass is 32.2. The Morgan fingerprint density at radius 1 is 1.18 bits per heavy atom. The van der Waals surface area contributed by atoms with Gasteiger partial charge in [0.25, 0.3) is 11.1 Å². The lowest BCUT2D eigenvalue weighted by Gasteiger charge is -2.09. The van der Waals surface area contributed by atoms with E-state index in [0.717, 1.165) is 17.1 Å². The van der Waals surface area contributed by atoms with Crippen molar-refractivity contribution in [1.29, 1.82) is 0 Å². The fraction of sp³-hybridized carbons (Fsp3) is 0.250. The second kappa shape index (κ2) is 7.55. The Bertz CT molecular complexity index is 1080. The Kier molecular flexibility index (Phi) is 4.95. The predicted octanol–water partition coefficient (Wildman–Crippen LogP) is 4.75. The van der Waals surface area contributed by atoms with Crippen molar-refractivity contribution >= 4 is 17.5 Å². The molecule has 144 valence electrons. The maximum atomic E-state index is 13.0. The van der Waals surface area contributed by atoms with Gasteiger partial charge in [0.15, 0.2) is 11.5 Å². The van der Waals surface area contributed by atoms with Gasteiger partial charge in [-0.3, -0.25) is 4.79 Å². The van der Waals surface area contributed by atoms with E-state index in [2.05, 4.69) is 14.8 Å². The second-order valence-corrected chi connectivity index (χ2v) is 7.72. The molecule has 0 unspecified atom stereocenters. The summed E-state index contributed by atoms with van der Waals surface area (Å²) >= 11 is 1.23. The van der Waals surface area contributed by atoms with Crippen LogP contribution in [0.5, 0.6) is 0 Å². The first-order chi connectivity index (χ1) is 13.5. The van der Waals surface area contributed by atoms with Gasteiger partial charge in [-0.15, -0.1) is 10.2 Å². The number of ketones is 1. The average molecular weight is 397 g/mol. The van der Waals surface area contributed by atoms with Crippen LogP contribution in [-0.2, 0) is 6.54 Å². The van der Waals surface area contributed by atoms with E-state index >= 15 is 0 Å². The summed E-state index contributed by atoms with van der Waals surface area (Å²) in [6.07, 6.45) is 3.19. The van der Waals surface area contributed by atoms with Gasteiger partial charge in [0.2, 0.25) is 0 Å². The first-order valence-electron chi connectivity index (χ1n) is 8.80. The number of aryl methyl sites for hydroxylation is 1. The van der Waals surface area contributed by atoms with Crippen LogP contribution in [0.4, 0.5) is 0 Å². The molecule has 4 aromatic heterocycles. The number of carbonyl (C=O) groups excluding carboxylic acids is 1. The number of Topliss-reactive ketones (excluding diaryl/α,β-unsaturated/α-hetero) is 1. The fourth-order valence-corrected chi connectivity index (χ4v) is 3.78. The molecule has 0 bridgehead atoms. The maximum Gasteiger partial charge on any atom is 0.284 e. The van der Waals surface area contributed by atoms with Gasteiger partial charge in [-0.25, -0.2) is 0 Å². The number of aromatic nitrogens is 3. The molecule has 8 heteroatoms. The minimum Gasteiger partial charge on any atom is -0.467 e. The number of furan rings is 2. The summed E-state index contributed by atoms with van der Waals surface area (Å²) in [4.78, 5) is 13.0. The summed E-state index contributed by atoms with van der Waals surface area (Å²) in [7, 11) is 0. The SMILES string of the molecule is Cc1cc(C(=O)[C@@H](C)Sc2nnc(-c3ccco3)o2)c(C)n1Cc1ccco1. The number of thioether (sulfide) groups is 1. The molecule has 0 spiro atoms. The molecule has 28 heavy (non-hydrogen) atoms. The van der Waals surface area contributed by atoms with Crippen molar-refractivity contribution in [1.82, 2.24) is 14.8 Å². The number of hydrogen-bond donors (Lipinski definition) is 0. The van der Waals surface area contributed by atoms with Gasteiger partial charge in [0, 0.05) is 17.0 Å². The molecular weight excluding hydrogens is 378 g/mol. The molecule has 0 N–H and O–H groups in total. The van der Waals surface area contributed by atoms with E-state index in [9.17, 15) is 4.79 Å². The van der Waals surface area contributed by atoms with Gasteiger partial charge in [0.1, 0.15) is 5.76 Å². The molecule has 4 rings (SSSR count). The highest BCUT2D eigenvalue weighted by Gasteiger charge is 2.24. The van der Waals surface area contributed by atoms with Crippen molar-refractivity contribution in [3.05, 3.63) is 65.6 Å². The Hall–Kier alpha value is -3.00. The largest absolute Gasteiger partial charge is 0.467 e. The third-order valence-electron chi connectivity index (χ3n) is 4.52. The molecule has 4 aromatic rings. The van der Waals surface area contributed by atoms with Gasteiger partial charge in [-0.05, 0) is 51.1 Å². The van der Waals surface area contributed by atoms with Crippen molar-refractivity contribution in [2.24, 2.45) is 0 Å². The second-order valence-electron chi connectivity index (χ2n) is 6.43. The Labute approximate surface area is 165 Å². The van der Waals surface area contributed by atoms with Gasteiger partial charge in [-0.1, -0.05) is 11.8 Å². The number of rotatable bonds is 7. The third kappa shape index (κ3) is 3.55. The molecule has 0 aromatic carbocycles. The lowest BCUT2D eigenvalue weighted by Crippen LogP contribution is -2.15. The number of nitrogens with zero attached hydrogens (tertiary/aromatic N) is 3. The fourth-order valence-electron chi connectivity index (χ4n) is 3.03. The van der Waals surface area contributed by atoms with Crippen LogP contribution in [0.1, 0.15) is 34.4 Å². The number of hydrogen-bond acceptors (Lipinski definition) is 7. The predicted molar refractivity (Wildman–Crippen MR) is 103 cm³/mol. The molecule has 0 amide bonds. The van der Waals surface area contributed by atoms with E-state index in [1.807, 2.05) is 39.0 Å². The lowest BCUT2D eigenvalue weighted by atomic mass is 10.1. The molecule has 0 aliphatic carbocycles. The molecule has 0 fully saturated rings. The summed E-state index contributed by atoms with van der Waals surface area (Å²) in [5.41, 5.74) is 2.61.